The number of hydrogen-bond donors (Lipinski definition) is 2. The van der Waals surface area contributed by atoms with Gasteiger partial charge in [0.1, 0.15) is 5.75 Å². The van der Waals surface area contributed by atoms with E-state index in [1.165, 1.54) is 12.3 Å². The van der Waals surface area contributed by atoms with Gasteiger partial charge >= 0.3 is 0 Å². The van der Waals surface area contributed by atoms with E-state index in [0.717, 1.165) is 49.3 Å². The fourth-order valence-electron chi connectivity index (χ4n) is 4.75. The topological polar surface area (TPSA) is 116 Å². The molecule has 10 heteroatoms. The van der Waals surface area contributed by atoms with Crippen LogP contribution in [-0.2, 0) is 13.1 Å². The minimum Gasteiger partial charge on any atom is -0.438 e. The Bertz CT molecular complexity index is 1590. The van der Waals surface area contributed by atoms with Crippen LogP contribution in [0.3, 0.4) is 0 Å². The molecule has 3 heterocycles. The summed E-state index contributed by atoms with van der Waals surface area (Å²) in [6.45, 7) is 8.63. The van der Waals surface area contributed by atoms with E-state index in [2.05, 4.69) is 43.9 Å². The van der Waals surface area contributed by atoms with Crippen LogP contribution in [-0.4, -0.2) is 80.5 Å². The first-order chi connectivity index (χ1) is 19.2. The molecule has 5 rings (SSSR count). The fraction of sp³-hybridized carbons (Fsp3) is 0.333. The number of amides is 1. The zero-order valence-corrected chi connectivity index (χ0v) is 23.0. The molecule has 1 aliphatic heterocycles. The number of fused-ring (bicyclic) bond motifs is 1. The van der Waals surface area contributed by atoms with Crippen molar-refractivity contribution in [1.29, 1.82) is 0 Å². The number of piperazine rings is 1. The van der Waals surface area contributed by atoms with E-state index in [0.29, 0.717) is 23.2 Å². The Labute approximate surface area is 232 Å². The van der Waals surface area contributed by atoms with Gasteiger partial charge in [0.25, 0.3) is 5.91 Å². The lowest BCUT2D eigenvalue weighted by Crippen LogP contribution is -2.43. The number of rotatable bonds is 8. The molecule has 2 aromatic heterocycles. The second kappa shape index (κ2) is 11.5. The third-order valence-electron chi connectivity index (χ3n) is 6.85. The molecule has 4 aromatic rings. The number of ether oxygens (including phenoxy) is 1. The van der Waals surface area contributed by atoms with Gasteiger partial charge in [-0.25, -0.2) is 4.98 Å². The molecular formula is C30H34N6O4. The van der Waals surface area contributed by atoms with Crippen molar-refractivity contribution in [2.24, 2.45) is 4.99 Å². The molecule has 1 fully saturated rings. The van der Waals surface area contributed by atoms with Crippen molar-refractivity contribution < 1.29 is 19.4 Å². The number of carbonyl (C=O) groups is 2. The van der Waals surface area contributed by atoms with Crippen molar-refractivity contribution in [3.8, 4) is 11.6 Å². The number of para-hydroxylation sites is 1. The number of pyridine rings is 1. The summed E-state index contributed by atoms with van der Waals surface area (Å²) < 4.78 is 7.62. The summed E-state index contributed by atoms with van der Waals surface area (Å²) in [6.07, 6.45) is 2.16. The van der Waals surface area contributed by atoms with Crippen LogP contribution in [0.2, 0.25) is 0 Å². The number of carbonyl (C=O) groups excluding carboxylic acids is 2. The smallest absolute Gasteiger partial charge is 0.280 e. The average molecular weight is 543 g/mol. The van der Waals surface area contributed by atoms with Gasteiger partial charge in [0.15, 0.2) is 6.29 Å². The molecule has 2 N–H and O–H groups in total. The van der Waals surface area contributed by atoms with E-state index in [1.54, 1.807) is 44.2 Å². The molecule has 10 nitrogen and oxygen atoms in total. The van der Waals surface area contributed by atoms with Crippen molar-refractivity contribution in [2.45, 2.75) is 32.5 Å². The first-order valence-electron chi connectivity index (χ1n) is 13.3. The lowest BCUT2D eigenvalue weighted by Gasteiger charge is -2.32. The Morgan fingerprint density at radius 1 is 1.12 bits per heavy atom. The minimum absolute atomic E-state index is 0.171. The maximum atomic E-state index is 13.3. The number of benzene rings is 2. The number of nitrogens with one attached hydrogen (secondary N) is 1. The normalized spacial score (nSPS) is 15.4. The molecule has 40 heavy (non-hydrogen) atoms. The van der Waals surface area contributed by atoms with Crippen LogP contribution in [0, 0.1) is 0 Å². The highest BCUT2D eigenvalue weighted by Crippen LogP contribution is 2.23. The lowest BCUT2D eigenvalue weighted by molar-refractivity contribution is 0.0612. The van der Waals surface area contributed by atoms with Crippen molar-refractivity contribution in [3.05, 3.63) is 83.1 Å². The molecule has 0 bridgehead atoms. The molecule has 1 saturated heterocycles. The van der Waals surface area contributed by atoms with Gasteiger partial charge in [-0.15, -0.1) is 0 Å². The SMILES string of the molecule is CN1CCN(Cc2ccc3[nH]/c(=N\C(=O)c4ccnc(Oc5ccccc5C=O)c4)n(CC(C)(C)O)c3c2)CC1. The number of aromatic amines is 1. The lowest BCUT2D eigenvalue weighted by atomic mass is 10.1. The number of H-pyrrole nitrogens is 1. The number of likely N-dealkylation sites (N-methyl/N-ethyl adjacent to an activating group) is 1. The first kappa shape index (κ1) is 27.4. The van der Waals surface area contributed by atoms with Gasteiger partial charge in [0, 0.05) is 50.6 Å². The van der Waals surface area contributed by atoms with E-state index in [9.17, 15) is 14.7 Å². The molecule has 1 aliphatic rings. The number of aromatic nitrogens is 3. The molecule has 0 radical (unpaired) electrons. The monoisotopic (exact) mass is 542 g/mol. The van der Waals surface area contributed by atoms with Crippen molar-refractivity contribution in [3.63, 3.8) is 0 Å². The van der Waals surface area contributed by atoms with Crippen LogP contribution < -0.4 is 10.4 Å². The Morgan fingerprint density at radius 2 is 1.90 bits per heavy atom. The van der Waals surface area contributed by atoms with E-state index in [1.807, 2.05) is 10.6 Å². The largest absolute Gasteiger partial charge is 0.438 e. The van der Waals surface area contributed by atoms with Crippen LogP contribution in [0.5, 0.6) is 11.6 Å². The number of hydrogen-bond acceptors (Lipinski definition) is 7. The summed E-state index contributed by atoms with van der Waals surface area (Å²) in [6, 6.07) is 16.0. The van der Waals surface area contributed by atoms with Gasteiger partial charge in [0.05, 0.1) is 28.7 Å². The van der Waals surface area contributed by atoms with Gasteiger partial charge < -0.3 is 24.3 Å². The second-order valence-electron chi connectivity index (χ2n) is 10.8. The third-order valence-corrected chi connectivity index (χ3v) is 6.85. The molecular weight excluding hydrogens is 508 g/mol. The van der Waals surface area contributed by atoms with Gasteiger partial charge in [-0.1, -0.05) is 18.2 Å². The van der Waals surface area contributed by atoms with Gasteiger partial charge in [-0.3, -0.25) is 14.5 Å². The van der Waals surface area contributed by atoms with Crippen LogP contribution in [0.4, 0.5) is 0 Å². The number of aliphatic hydroxyl groups is 1. The molecule has 0 spiro atoms. The summed E-state index contributed by atoms with van der Waals surface area (Å²) in [5.41, 5.74) is 2.80. The maximum Gasteiger partial charge on any atom is 0.280 e. The Balaban J connectivity index is 1.46. The third kappa shape index (κ3) is 6.53. The molecule has 1 amide bonds. The van der Waals surface area contributed by atoms with E-state index in [-0.39, 0.29) is 18.0 Å². The number of aldehydes is 1. The molecule has 0 unspecified atom stereocenters. The van der Waals surface area contributed by atoms with Gasteiger partial charge in [-0.2, -0.15) is 4.99 Å². The van der Waals surface area contributed by atoms with Gasteiger partial charge in [0.2, 0.25) is 11.5 Å². The van der Waals surface area contributed by atoms with Gasteiger partial charge in [-0.05, 0) is 56.8 Å². The van der Waals surface area contributed by atoms with Crippen LogP contribution >= 0.6 is 0 Å². The Kier molecular flexibility index (Phi) is 7.92. The number of imidazole rings is 1. The van der Waals surface area contributed by atoms with Crippen molar-refractivity contribution in [2.75, 3.05) is 33.2 Å². The summed E-state index contributed by atoms with van der Waals surface area (Å²) in [4.78, 5) is 41.2. The first-order valence-corrected chi connectivity index (χ1v) is 13.3. The highest BCUT2D eigenvalue weighted by Gasteiger charge is 2.19. The Morgan fingerprint density at radius 3 is 2.65 bits per heavy atom. The van der Waals surface area contributed by atoms with E-state index >= 15 is 0 Å². The highest BCUT2D eigenvalue weighted by molar-refractivity contribution is 5.95. The van der Waals surface area contributed by atoms with Crippen LogP contribution in [0.15, 0.2) is 65.8 Å². The van der Waals surface area contributed by atoms with Crippen molar-refractivity contribution in [1.82, 2.24) is 24.3 Å². The Hall–Kier alpha value is -4.12. The molecule has 0 saturated carbocycles. The predicted octanol–water partition coefficient (Wildman–Crippen LogP) is 3.23. The molecule has 208 valence electrons. The zero-order valence-electron chi connectivity index (χ0n) is 23.0. The maximum absolute atomic E-state index is 13.3. The zero-order chi connectivity index (χ0) is 28.3. The molecule has 0 atom stereocenters. The number of nitrogens with zero attached hydrogens (tertiary/aromatic N) is 5. The quantitative estimate of drug-likeness (QED) is 0.329. The molecule has 0 aliphatic carbocycles. The van der Waals surface area contributed by atoms with E-state index in [4.69, 9.17) is 4.74 Å². The standard InChI is InChI=1S/C30H34N6O4/c1-30(2,39)20-36-25-16-21(18-35-14-12-34(3)13-15-35)8-9-24(25)32-29(36)33-28(38)22-10-11-31-27(17-22)40-26-7-5-4-6-23(26)19-37/h4-11,16-17,19,39H,12-15,18,20H2,1-3H3,(H,32,33,38). The summed E-state index contributed by atoms with van der Waals surface area (Å²) in [5, 5.41) is 10.7. The van der Waals surface area contributed by atoms with E-state index < -0.39 is 11.5 Å². The van der Waals surface area contributed by atoms with Crippen molar-refractivity contribution >= 4 is 23.2 Å². The summed E-state index contributed by atoms with van der Waals surface area (Å²) >= 11 is 0. The highest BCUT2D eigenvalue weighted by atomic mass is 16.5. The molecule has 2 aromatic carbocycles. The summed E-state index contributed by atoms with van der Waals surface area (Å²) in [7, 11) is 2.14. The average Bonchev–Trinajstić information content (AvgIpc) is 3.25. The second-order valence-corrected chi connectivity index (χ2v) is 10.8. The fourth-order valence-corrected chi connectivity index (χ4v) is 4.75. The minimum atomic E-state index is -1.04. The van der Waals surface area contributed by atoms with Crippen LogP contribution in [0.1, 0.15) is 40.1 Å². The predicted molar refractivity (Wildman–Crippen MR) is 151 cm³/mol. The summed E-state index contributed by atoms with van der Waals surface area (Å²) in [5.74, 6) is 0.0205. The van der Waals surface area contributed by atoms with Crippen LogP contribution in [0.25, 0.3) is 11.0 Å².